The molecule has 0 aromatic carbocycles. The number of aromatic nitrogens is 5. The van der Waals surface area contributed by atoms with Gasteiger partial charge in [-0.05, 0) is 6.07 Å². The first-order valence-corrected chi connectivity index (χ1v) is 6.68. The number of carbonyl (C=O) groups excluding carboxylic acids is 1. The van der Waals surface area contributed by atoms with E-state index in [-0.39, 0.29) is 0 Å². The van der Waals surface area contributed by atoms with Gasteiger partial charge in [0, 0.05) is 6.20 Å². The Kier molecular flexibility index (Phi) is 3.67. The quantitative estimate of drug-likeness (QED) is 0.783. The van der Waals surface area contributed by atoms with Gasteiger partial charge in [-0.1, -0.05) is 0 Å². The molecule has 0 aliphatic rings. The summed E-state index contributed by atoms with van der Waals surface area (Å²) in [6, 6.07) is 0.665. The SMILES string of the molecule is O=C(Cn1ccc(C(F)(F)F)n1)NS(=O)(=O)c1ncn[nH]1. The fourth-order valence-electron chi connectivity index (χ4n) is 1.30. The van der Waals surface area contributed by atoms with E-state index in [0.29, 0.717) is 10.7 Å². The molecule has 0 bridgehead atoms. The first-order valence-electron chi connectivity index (χ1n) is 5.20. The second-order valence-corrected chi connectivity index (χ2v) is 5.31. The summed E-state index contributed by atoms with van der Waals surface area (Å²) in [7, 11) is -4.25. The van der Waals surface area contributed by atoms with Crippen molar-refractivity contribution in [1.82, 2.24) is 29.7 Å². The maximum Gasteiger partial charge on any atom is 0.435 e. The zero-order chi connectivity index (χ0) is 15.7. The summed E-state index contributed by atoms with van der Waals surface area (Å²) < 4.78 is 62.4. The number of H-pyrrole nitrogens is 1. The largest absolute Gasteiger partial charge is 0.435 e. The Labute approximate surface area is 115 Å². The summed E-state index contributed by atoms with van der Waals surface area (Å²) >= 11 is 0. The van der Waals surface area contributed by atoms with Crippen molar-refractivity contribution in [3.8, 4) is 0 Å². The second-order valence-electron chi connectivity index (χ2n) is 3.72. The smallest absolute Gasteiger partial charge is 0.272 e. The summed E-state index contributed by atoms with van der Waals surface area (Å²) in [6.45, 7) is -0.705. The van der Waals surface area contributed by atoms with Crippen molar-refractivity contribution in [3.63, 3.8) is 0 Å². The molecule has 0 saturated heterocycles. The van der Waals surface area contributed by atoms with Crippen LogP contribution in [0.3, 0.4) is 0 Å². The lowest BCUT2D eigenvalue weighted by Gasteiger charge is -2.04. The molecule has 0 unspecified atom stereocenters. The first kappa shape index (κ1) is 15.0. The fourth-order valence-corrected chi connectivity index (χ4v) is 2.12. The van der Waals surface area contributed by atoms with Gasteiger partial charge < -0.3 is 0 Å². The highest BCUT2D eigenvalue weighted by Crippen LogP contribution is 2.27. The van der Waals surface area contributed by atoms with Crippen LogP contribution in [0, 0.1) is 0 Å². The van der Waals surface area contributed by atoms with Crippen LogP contribution in [0.2, 0.25) is 0 Å². The molecule has 114 valence electrons. The average Bonchev–Trinajstić information content (AvgIpc) is 2.96. The highest BCUT2D eigenvalue weighted by molar-refractivity contribution is 7.89. The van der Waals surface area contributed by atoms with Crippen molar-refractivity contribution >= 4 is 15.9 Å². The number of sulfonamides is 1. The molecule has 9 nitrogen and oxygen atoms in total. The molecule has 0 saturated carbocycles. The van der Waals surface area contributed by atoms with Crippen LogP contribution >= 0.6 is 0 Å². The Morgan fingerprint density at radius 3 is 2.67 bits per heavy atom. The molecule has 13 heteroatoms. The summed E-state index contributed by atoms with van der Waals surface area (Å²) in [5.41, 5.74) is -1.19. The maximum absolute atomic E-state index is 12.3. The molecule has 0 aliphatic carbocycles. The Morgan fingerprint density at radius 1 is 1.43 bits per heavy atom. The van der Waals surface area contributed by atoms with Gasteiger partial charge in [0.15, 0.2) is 5.69 Å². The molecule has 2 heterocycles. The minimum absolute atomic E-state index is 0.590. The Balaban J connectivity index is 2.04. The van der Waals surface area contributed by atoms with Gasteiger partial charge in [-0.25, -0.2) is 14.8 Å². The van der Waals surface area contributed by atoms with Crippen molar-refractivity contribution in [2.45, 2.75) is 17.9 Å². The third kappa shape index (κ3) is 3.56. The van der Waals surface area contributed by atoms with E-state index in [1.807, 2.05) is 5.10 Å². The molecule has 0 fully saturated rings. The Bertz CT molecular complexity index is 736. The van der Waals surface area contributed by atoms with Crippen LogP contribution in [0.25, 0.3) is 0 Å². The number of nitrogens with one attached hydrogen (secondary N) is 2. The highest BCUT2D eigenvalue weighted by atomic mass is 32.2. The number of alkyl halides is 3. The number of rotatable bonds is 4. The summed E-state index contributed by atoms with van der Waals surface area (Å²) in [5, 5.41) is 7.86. The van der Waals surface area contributed by atoms with E-state index in [1.54, 1.807) is 4.72 Å². The van der Waals surface area contributed by atoms with E-state index in [1.165, 1.54) is 0 Å². The van der Waals surface area contributed by atoms with Crippen molar-refractivity contribution in [2.75, 3.05) is 0 Å². The van der Waals surface area contributed by atoms with E-state index in [2.05, 4.69) is 15.2 Å². The summed E-state index contributed by atoms with van der Waals surface area (Å²) in [4.78, 5) is 14.8. The number of hydrogen-bond donors (Lipinski definition) is 2. The van der Waals surface area contributed by atoms with Gasteiger partial charge in [-0.2, -0.15) is 31.8 Å². The van der Waals surface area contributed by atoms with Gasteiger partial charge in [0.05, 0.1) is 0 Å². The topological polar surface area (TPSA) is 123 Å². The van der Waals surface area contributed by atoms with Crippen molar-refractivity contribution in [1.29, 1.82) is 0 Å². The Morgan fingerprint density at radius 2 is 2.14 bits per heavy atom. The van der Waals surface area contributed by atoms with Gasteiger partial charge in [-0.15, -0.1) is 0 Å². The monoisotopic (exact) mass is 324 g/mol. The standard InChI is InChI=1S/C8H7F3N6O3S/c9-8(10,11)5-1-2-17(15-5)3-6(18)16-21(19,20)7-12-4-13-14-7/h1-2,4H,3H2,(H,16,18)(H,12,13,14). The lowest BCUT2D eigenvalue weighted by atomic mass is 10.4. The Hall–Kier alpha value is -2.44. The lowest BCUT2D eigenvalue weighted by Crippen LogP contribution is -2.34. The van der Waals surface area contributed by atoms with Gasteiger partial charge in [0.2, 0.25) is 0 Å². The molecule has 2 aromatic heterocycles. The number of hydrogen-bond acceptors (Lipinski definition) is 6. The second kappa shape index (κ2) is 5.16. The van der Waals surface area contributed by atoms with Crippen LogP contribution in [0.15, 0.2) is 23.7 Å². The molecule has 0 atom stereocenters. The third-order valence-electron chi connectivity index (χ3n) is 2.13. The van der Waals surface area contributed by atoms with Crippen molar-refractivity contribution in [3.05, 3.63) is 24.3 Å². The average molecular weight is 324 g/mol. The third-order valence-corrected chi connectivity index (χ3v) is 3.33. The molecule has 0 radical (unpaired) electrons. The van der Waals surface area contributed by atoms with E-state index in [0.717, 1.165) is 12.5 Å². The van der Waals surface area contributed by atoms with Crippen LogP contribution in [0.4, 0.5) is 13.2 Å². The van der Waals surface area contributed by atoms with Crippen LogP contribution < -0.4 is 4.72 Å². The molecular formula is C8H7F3N6O3S. The molecule has 2 N–H and O–H groups in total. The van der Waals surface area contributed by atoms with E-state index >= 15 is 0 Å². The maximum atomic E-state index is 12.3. The zero-order valence-corrected chi connectivity index (χ0v) is 10.8. The molecule has 0 spiro atoms. The van der Waals surface area contributed by atoms with Crippen LogP contribution in [0.1, 0.15) is 5.69 Å². The summed E-state index contributed by atoms with van der Waals surface area (Å²) in [6.07, 6.45) is -2.82. The fraction of sp³-hybridized carbons (Fsp3) is 0.250. The van der Waals surface area contributed by atoms with Crippen molar-refractivity contribution in [2.24, 2.45) is 0 Å². The van der Waals surface area contributed by atoms with E-state index in [9.17, 15) is 26.4 Å². The van der Waals surface area contributed by atoms with Crippen LogP contribution in [0.5, 0.6) is 0 Å². The van der Waals surface area contributed by atoms with Crippen LogP contribution in [-0.4, -0.2) is 39.3 Å². The van der Waals surface area contributed by atoms with Gasteiger partial charge in [0.1, 0.15) is 12.9 Å². The molecule has 21 heavy (non-hydrogen) atoms. The predicted molar refractivity (Wildman–Crippen MR) is 58.9 cm³/mol. The minimum Gasteiger partial charge on any atom is -0.272 e. The molecule has 0 aliphatic heterocycles. The number of aromatic amines is 1. The number of halogens is 3. The normalized spacial score (nSPS) is 12.3. The van der Waals surface area contributed by atoms with E-state index < -0.39 is 39.5 Å². The van der Waals surface area contributed by atoms with Gasteiger partial charge in [0.25, 0.3) is 21.1 Å². The van der Waals surface area contributed by atoms with Crippen LogP contribution in [-0.2, 0) is 27.5 Å². The van der Waals surface area contributed by atoms with Gasteiger partial charge in [-0.3, -0.25) is 9.48 Å². The highest BCUT2D eigenvalue weighted by Gasteiger charge is 2.33. The number of amides is 1. The lowest BCUT2D eigenvalue weighted by molar-refractivity contribution is -0.141. The predicted octanol–water partition coefficient (Wildman–Crippen LogP) is -0.475. The number of carbonyl (C=O) groups is 1. The van der Waals surface area contributed by atoms with Gasteiger partial charge >= 0.3 is 6.18 Å². The number of nitrogens with zero attached hydrogens (tertiary/aromatic N) is 4. The zero-order valence-electron chi connectivity index (χ0n) is 9.99. The summed E-state index contributed by atoms with van der Waals surface area (Å²) in [5.74, 6) is -1.08. The minimum atomic E-state index is -4.65. The molecule has 1 amide bonds. The van der Waals surface area contributed by atoms with Crippen molar-refractivity contribution < 1.29 is 26.4 Å². The molecule has 2 rings (SSSR count). The first-order chi connectivity index (χ1) is 9.68. The van der Waals surface area contributed by atoms with E-state index in [4.69, 9.17) is 0 Å². The molecular weight excluding hydrogens is 317 g/mol. The molecule has 2 aromatic rings.